The largest absolute Gasteiger partial charge is 0.398 e. The van der Waals surface area contributed by atoms with E-state index in [1.807, 2.05) is 60.7 Å². The van der Waals surface area contributed by atoms with E-state index in [9.17, 15) is 0 Å². The monoisotopic (exact) mass is 229 g/mol. The van der Waals surface area contributed by atoms with E-state index in [-0.39, 0.29) is 0 Å². The standard InChI is InChI=1S/C14H12ClN/c15-13-9-6-11(7-10-13)5-8-12-3-1-2-4-14(12)16/h1-10H,16H2/b8-5+. The zero-order valence-corrected chi connectivity index (χ0v) is 9.48. The lowest BCUT2D eigenvalue weighted by atomic mass is 10.1. The number of nitrogen functional groups attached to an aromatic ring is 1. The first-order valence-electron chi connectivity index (χ1n) is 5.04. The molecular formula is C14H12ClN. The van der Waals surface area contributed by atoms with Crippen molar-refractivity contribution in [3.8, 4) is 0 Å². The van der Waals surface area contributed by atoms with Gasteiger partial charge in [-0.25, -0.2) is 0 Å². The first kappa shape index (κ1) is 10.8. The van der Waals surface area contributed by atoms with E-state index in [1.165, 1.54) is 0 Å². The van der Waals surface area contributed by atoms with Crippen molar-refractivity contribution in [3.05, 3.63) is 64.7 Å². The third-order valence-corrected chi connectivity index (χ3v) is 2.57. The fourth-order valence-electron chi connectivity index (χ4n) is 1.42. The smallest absolute Gasteiger partial charge is 0.0406 e. The summed E-state index contributed by atoms with van der Waals surface area (Å²) in [6.07, 6.45) is 4.01. The van der Waals surface area contributed by atoms with E-state index in [0.717, 1.165) is 21.8 Å². The van der Waals surface area contributed by atoms with Crippen LogP contribution in [0.5, 0.6) is 0 Å². The van der Waals surface area contributed by atoms with Crippen molar-refractivity contribution in [1.29, 1.82) is 0 Å². The first-order chi connectivity index (χ1) is 7.75. The molecule has 0 heterocycles. The van der Waals surface area contributed by atoms with Crippen LogP contribution in [0, 0.1) is 0 Å². The fourth-order valence-corrected chi connectivity index (χ4v) is 1.55. The van der Waals surface area contributed by atoms with Gasteiger partial charge in [-0.1, -0.05) is 54.1 Å². The molecule has 0 bridgehead atoms. The van der Waals surface area contributed by atoms with Crippen molar-refractivity contribution < 1.29 is 0 Å². The zero-order valence-electron chi connectivity index (χ0n) is 8.73. The number of benzene rings is 2. The number of hydrogen-bond acceptors (Lipinski definition) is 1. The van der Waals surface area contributed by atoms with Gasteiger partial charge in [0.15, 0.2) is 0 Å². The maximum atomic E-state index is 5.84. The van der Waals surface area contributed by atoms with Crippen molar-refractivity contribution in [2.75, 3.05) is 5.73 Å². The van der Waals surface area contributed by atoms with E-state index < -0.39 is 0 Å². The normalized spacial score (nSPS) is 10.8. The topological polar surface area (TPSA) is 26.0 Å². The zero-order chi connectivity index (χ0) is 11.4. The molecule has 0 unspecified atom stereocenters. The van der Waals surface area contributed by atoms with Crippen LogP contribution in [0.1, 0.15) is 11.1 Å². The summed E-state index contributed by atoms with van der Waals surface area (Å²) < 4.78 is 0. The van der Waals surface area contributed by atoms with E-state index in [1.54, 1.807) is 0 Å². The van der Waals surface area contributed by atoms with Crippen LogP contribution in [0.15, 0.2) is 48.5 Å². The van der Waals surface area contributed by atoms with Crippen LogP contribution in [-0.2, 0) is 0 Å². The lowest BCUT2D eigenvalue weighted by Crippen LogP contribution is -1.87. The van der Waals surface area contributed by atoms with Crippen molar-refractivity contribution in [2.45, 2.75) is 0 Å². The molecule has 1 nitrogen and oxygen atoms in total. The molecule has 0 amide bonds. The second-order valence-corrected chi connectivity index (χ2v) is 3.95. The van der Waals surface area contributed by atoms with Gasteiger partial charge in [0.25, 0.3) is 0 Å². The number of hydrogen-bond donors (Lipinski definition) is 1. The Bertz CT molecular complexity index is 500. The summed E-state index contributed by atoms with van der Waals surface area (Å²) in [5.41, 5.74) is 8.75. The van der Waals surface area contributed by atoms with E-state index in [0.29, 0.717) is 0 Å². The average molecular weight is 230 g/mol. The Morgan fingerprint density at radius 1 is 0.875 bits per heavy atom. The molecule has 0 aliphatic heterocycles. The fraction of sp³-hybridized carbons (Fsp3) is 0. The molecule has 2 rings (SSSR count). The Morgan fingerprint density at radius 3 is 2.25 bits per heavy atom. The molecule has 2 N–H and O–H groups in total. The number of nitrogens with two attached hydrogens (primary N) is 1. The molecule has 0 saturated carbocycles. The Balaban J connectivity index is 2.21. The average Bonchev–Trinajstić information content (AvgIpc) is 2.30. The Labute approximate surface area is 100 Å². The number of halogens is 1. The summed E-state index contributed by atoms with van der Waals surface area (Å²) in [4.78, 5) is 0. The molecule has 2 aromatic carbocycles. The highest BCUT2D eigenvalue weighted by Gasteiger charge is 1.92. The van der Waals surface area contributed by atoms with Gasteiger partial charge >= 0.3 is 0 Å². The molecule has 0 saturated heterocycles. The van der Waals surface area contributed by atoms with Crippen molar-refractivity contribution in [1.82, 2.24) is 0 Å². The van der Waals surface area contributed by atoms with Crippen LogP contribution in [0.4, 0.5) is 5.69 Å². The van der Waals surface area contributed by atoms with Crippen LogP contribution < -0.4 is 5.73 Å². The quantitative estimate of drug-likeness (QED) is 0.609. The Morgan fingerprint density at radius 2 is 1.56 bits per heavy atom. The van der Waals surface area contributed by atoms with E-state index >= 15 is 0 Å². The molecule has 0 aliphatic rings. The van der Waals surface area contributed by atoms with Crippen LogP contribution in [0.25, 0.3) is 12.2 Å². The predicted molar refractivity (Wildman–Crippen MR) is 71.2 cm³/mol. The highest BCUT2D eigenvalue weighted by molar-refractivity contribution is 6.30. The summed E-state index contributed by atoms with van der Waals surface area (Å²) in [7, 11) is 0. The van der Waals surface area contributed by atoms with E-state index in [2.05, 4.69) is 0 Å². The van der Waals surface area contributed by atoms with Gasteiger partial charge < -0.3 is 5.73 Å². The van der Waals surface area contributed by atoms with Gasteiger partial charge in [0.1, 0.15) is 0 Å². The number of rotatable bonds is 2. The molecule has 2 heteroatoms. The lowest BCUT2D eigenvalue weighted by Gasteiger charge is -1.98. The van der Waals surface area contributed by atoms with Gasteiger partial charge in [0.05, 0.1) is 0 Å². The molecule has 16 heavy (non-hydrogen) atoms. The molecule has 2 aromatic rings. The third kappa shape index (κ3) is 2.65. The summed E-state index contributed by atoms with van der Waals surface area (Å²) in [6.45, 7) is 0. The second-order valence-electron chi connectivity index (χ2n) is 3.51. The molecule has 0 atom stereocenters. The SMILES string of the molecule is Nc1ccccc1/C=C/c1ccc(Cl)cc1. The molecule has 0 radical (unpaired) electrons. The van der Waals surface area contributed by atoms with Crippen LogP contribution >= 0.6 is 11.6 Å². The molecule has 80 valence electrons. The molecule has 0 spiro atoms. The molecular weight excluding hydrogens is 218 g/mol. The summed E-state index contributed by atoms with van der Waals surface area (Å²) in [5, 5.41) is 0.747. The summed E-state index contributed by atoms with van der Waals surface area (Å²) in [6, 6.07) is 15.5. The molecule has 0 aromatic heterocycles. The third-order valence-electron chi connectivity index (χ3n) is 2.32. The van der Waals surface area contributed by atoms with Gasteiger partial charge in [0.2, 0.25) is 0 Å². The Kier molecular flexibility index (Phi) is 3.28. The van der Waals surface area contributed by atoms with Crippen molar-refractivity contribution in [2.24, 2.45) is 0 Å². The minimum absolute atomic E-state index is 0.747. The second kappa shape index (κ2) is 4.86. The highest BCUT2D eigenvalue weighted by atomic mass is 35.5. The lowest BCUT2D eigenvalue weighted by molar-refractivity contribution is 1.63. The maximum Gasteiger partial charge on any atom is 0.0406 e. The summed E-state index contributed by atoms with van der Waals surface area (Å²) in [5.74, 6) is 0. The van der Waals surface area contributed by atoms with E-state index in [4.69, 9.17) is 17.3 Å². The molecule has 0 aliphatic carbocycles. The van der Waals surface area contributed by atoms with Gasteiger partial charge in [0, 0.05) is 10.7 Å². The van der Waals surface area contributed by atoms with Crippen LogP contribution in [-0.4, -0.2) is 0 Å². The van der Waals surface area contributed by atoms with Crippen LogP contribution in [0.2, 0.25) is 5.02 Å². The number of para-hydroxylation sites is 1. The minimum atomic E-state index is 0.747. The minimum Gasteiger partial charge on any atom is -0.398 e. The predicted octanol–water partition coefficient (Wildman–Crippen LogP) is 4.09. The highest BCUT2D eigenvalue weighted by Crippen LogP contribution is 2.16. The van der Waals surface area contributed by atoms with Gasteiger partial charge in [-0.2, -0.15) is 0 Å². The van der Waals surface area contributed by atoms with Gasteiger partial charge in [-0.05, 0) is 29.3 Å². The van der Waals surface area contributed by atoms with Crippen molar-refractivity contribution >= 4 is 29.4 Å². The first-order valence-corrected chi connectivity index (χ1v) is 5.42. The van der Waals surface area contributed by atoms with Crippen molar-refractivity contribution in [3.63, 3.8) is 0 Å². The Hall–Kier alpha value is -1.73. The van der Waals surface area contributed by atoms with Gasteiger partial charge in [-0.3, -0.25) is 0 Å². The van der Waals surface area contributed by atoms with Crippen LogP contribution in [0.3, 0.4) is 0 Å². The van der Waals surface area contributed by atoms with Gasteiger partial charge in [-0.15, -0.1) is 0 Å². The maximum absolute atomic E-state index is 5.84. The summed E-state index contributed by atoms with van der Waals surface area (Å²) >= 11 is 5.81. The number of anilines is 1. The molecule has 0 fully saturated rings.